The maximum absolute atomic E-state index is 12.5. The molecule has 0 saturated heterocycles. The lowest BCUT2D eigenvalue weighted by atomic mass is 10.1. The van der Waals surface area contributed by atoms with E-state index in [1.165, 1.54) is 12.1 Å². The third-order valence-corrected chi connectivity index (χ3v) is 3.94. The van der Waals surface area contributed by atoms with Crippen LogP contribution in [0.2, 0.25) is 0 Å². The van der Waals surface area contributed by atoms with Gasteiger partial charge in [-0.1, -0.05) is 24.3 Å². The minimum absolute atomic E-state index is 0.609. The minimum Gasteiger partial charge on any atom is -0.312 e. The molecule has 25 heavy (non-hydrogen) atoms. The van der Waals surface area contributed by atoms with Gasteiger partial charge in [-0.05, 0) is 48.4 Å². The first-order valence-corrected chi connectivity index (χ1v) is 7.96. The monoisotopic (exact) mass is 345 g/mol. The van der Waals surface area contributed by atoms with Crippen molar-refractivity contribution < 1.29 is 13.2 Å². The average Bonchev–Trinajstić information content (AvgIpc) is 3.13. The molecule has 3 aromatic rings. The van der Waals surface area contributed by atoms with Gasteiger partial charge in [0.2, 0.25) is 0 Å². The summed E-state index contributed by atoms with van der Waals surface area (Å²) in [7, 11) is 0. The molecule has 3 nitrogen and oxygen atoms in total. The zero-order chi connectivity index (χ0) is 17.7. The van der Waals surface area contributed by atoms with Crippen molar-refractivity contribution in [1.29, 1.82) is 0 Å². The van der Waals surface area contributed by atoms with E-state index in [9.17, 15) is 13.2 Å². The van der Waals surface area contributed by atoms with Gasteiger partial charge in [-0.25, -0.2) is 4.98 Å². The molecule has 1 heterocycles. The van der Waals surface area contributed by atoms with Crippen LogP contribution in [0.5, 0.6) is 0 Å². The van der Waals surface area contributed by atoms with Crippen molar-refractivity contribution in [2.24, 2.45) is 0 Å². The molecule has 0 aliphatic carbocycles. The van der Waals surface area contributed by atoms with E-state index in [4.69, 9.17) is 0 Å². The molecule has 0 amide bonds. The maximum atomic E-state index is 12.5. The van der Waals surface area contributed by atoms with E-state index >= 15 is 0 Å². The van der Waals surface area contributed by atoms with Gasteiger partial charge in [0.25, 0.3) is 0 Å². The molecule has 0 unspecified atom stereocenters. The highest BCUT2D eigenvalue weighted by molar-refractivity contribution is 5.34. The average molecular weight is 345 g/mol. The van der Waals surface area contributed by atoms with Crippen molar-refractivity contribution in [3.05, 3.63) is 83.9 Å². The first kappa shape index (κ1) is 17.2. The number of hydrogen-bond acceptors (Lipinski definition) is 2. The van der Waals surface area contributed by atoms with E-state index in [-0.39, 0.29) is 0 Å². The van der Waals surface area contributed by atoms with Crippen LogP contribution >= 0.6 is 0 Å². The van der Waals surface area contributed by atoms with Crippen LogP contribution in [0.15, 0.2) is 67.3 Å². The minimum atomic E-state index is -4.28. The molecular weight excluding hydrogens is 327 g/mol. The largest absolute Gasteiger partial charge is 0.416 e. The molecular formula is C19H18F3N3. The Hall–Kier alpha value is -2.60. The van der Waals surface area contributed by atoms with Crippen molar-refractivity contribution in [3.8, 4) is 5.69 Å². The lowest BCUT2D eigenvalue weighted by Crippen LogP contribution is -2.16. The molecule has 0 radical (unpaired) electrons. The Labute approximate surface area is 144 Å². The van der Waals surface area contributed by atoms with Crippen LogP contribution in [-0.2, 0) is 19.1 Å². The van der Waals surface area contributed by atoms with Crippen molar-refractivity contribution in [2.75, 3.05) is 6.54 Å². The topological polar surface area (TPSA) is 29.9 Å². The summed E-state index contributed by atoms with van der Waals surface area (Å²) < 4.78 is 39.5. The SMILES string of the molecule is FC(F)(F)c1ccc(CCNCc2ccc(-n3ccnc3)cc2)cc1. The zero-order valence-electron chi connectivity index (χ0n) is 13.5. The van der Waals surface area contributed by atoms with E-state index in [2.05, 4.69) is 10.3 Å². The molecule has 0 fully saturated rings. The Bertz CT molecular complexity index is 776. The van der Waals surface area contributed by atoms with Crippen LogP contribution < -0.4 is 5.32 Å². The molecule has 0 aliphatic heterocycles. The number of halogens is 3. The second-order valence-electron chi connectivity index (χ2n) is 5.76. The standard InChI is InChI=1S/C19H18F3N3/c20-19(21,22)17-5-1-15(2-6-17)9-10-23-13-16-3-7-18(8-4-16)25-12-11-24-14-25/h1-8,11-12,14,23H,9-10,13H2. The van der Waals surface area contributed by atoms with Gasteiger partial charge in [0.05, 0.1) is 11.9 Å². The van der Waals surface area contributed by atoms with Crippen LogP contribution in [0.3, 0.4) is 0 Å². The quantitative estimate of drug-likeness (QED) is 0.678. The molecule has 0 spiro atoms. The molecule has 130 valence electrons. The van der Waals surface area contributed by atoms with E-state index < -0.39 is 11.7 Å². The summed E-state index contributed by atoms with van der Waals surface area (Å²) >= 11 is 0. The molecule has 2 aromatic carbocycles. The van der Waals surface area contributed by atoms with Crippen LogP contribution in [0.4, 0.5) is 13.2 Å². The smallest absolute Gasteiger partial charge is 0.312 e. The first-order chi connectivity index (χ1) is 12.0. The number of rotatable bonds is 6. The Balaban J connectivity index is 1.45. The van der Waals surface area contributed by atoms with Gasteiger partial charge in [0.15, 0.2) is 0 Å². The Kier molecular flexibility index (Phi) is 5.19. The molecule has 0 saturated carbocycles. The number of nitrogens with zero attached hydrogens (tertiary/aromatic N) is 2. The molecule has 1 N–H and O–H groups in total. The summed E-state index contributed by atoms with van der Waals surface area (Å²) in [5, 5.41) is 3.31. The lowest BCUT2D eigenvalue weighted by Gasteiger charge is -2.09. The normalized spacial score (nSPS) is 11.6. The lowest BCUT2D eigenvalue weighted by molar-refractivity contribution is -0.137. The Morgan fingerprint density at radius 2 is 1.60 bits per heavy atom. The first-order valence-electron chi connectivity index (χ1n) is 7.96. The van der Waals surface area contributed by atoms with Crippen LogP contribution in [0.25, 0.3) is 5.69 Å². The van der Waals surface area contributed by atoms with Gasteiger partial charge in [0, 0.05) is 24.6 Å². The van der Waals surface area contributed by atoms with Gasteiger partial charge in [-0.2, -0.15) is 13.2 Å². The summed E-state index contributed by atoms with van der Waals surface area (Å²) in [6, 6.07) is 13.5. The van der Waals surface area contributed by atoms with Crippen LogP contribution in [-0.4, -0.2) is 16.1 Å². The maximum Gasteiger partial charge on any atom is 0.416 e. The summed E-state index contributed by atoms with van der Waals surface area (Å²) in [4.78, 5) is 4.02. The van der Waals surface area contributed by atoms with Gasteiger partial charge < -0.3 is 9.88 Å². The van der Waals surface area contributed by atoms with Crippen LogP contribution in [0.1, 0.15) is 16.7 Å². The van der Waals surface area contributed by atoms with Crippen LogP contribution in [0, 0.1) is 0 Å². The molecule has 3 rings (SSSR count). The van der Waals surface area contributed by atoms with Gasteiger partial charge in [-0.3, -0.25) is 0 Å². The number of nitrogens with one attached hydrogen (secondary N) is 1. The zero-order valence-corrected chi connectivity index (χ0v) is 13.5. The number of benzene rings is 2. The predicted molar refractivity (Wildman–Crippen MR) is 90.4 cm³/mol. The van der Waals surface area contributed by atoms with Gasteiger partial charge in [0.1, 0.15) is 0 Å². The Morgan fingerprint density at radius 1 is 0.920 bits per heavy atom. The van der Waals surface area contributed by atoms with Crippen molar-refractivity contribution in [1.82, 2.24) is 14.9 Å². The molecule has 0 atom stereocenters. The number of alkyl halides is 3. The van der Waals surface area contributed by atoms with Crippen molar-refractivity contribution in [2.45, 2.75) is 19.1 Å². The molecule has 0 bridgehead atoms. The fraction of sp³-hybridized carbons (Fsp3) is 0.211. The van der Waals surface area contributed by atoms with E-state index in [1.54, 1.807) is 12.5 Å². The van der Waals surface area contributed by atoms with E-state index in [1.807, 2.05) is 35.0 Å². The summed E-state index contributed by atoms with van der Waals surface area (Å²) in [5.74, 6) is 0. The van der Waals surface area contributed by atoms with Crippen molar-refractivity contribution in [3.63, 3.8) is 0 Å². The third-order valence-electron chi connectivity index (χ3n) is 3.94. The number of imidazole rings is 1. The van der Waals surface area contributed by atoms with Gasteiger partial charge in [-0.15, -0.1) is 0 Å². The highest BCUT2D eigenvalue weighted by atomic mass is 19.4. The molecule has 6 heteroatoms. The fourth-order valence-electron chi connectivity index (χ4n) is 2.52. The molecule has 0 aliphatic rings. The highest BCUT2D eigenvalue weighted by Gasteiger charge is 2.29. The predicted octanol–water partition coefficient (Wildman–Crippen LogP) is 4.22. The Morgan fingerprint density at radius 3 is 2.20 bits per heavy atom. The van der Waals surface area contributed by atoms with E-state index in [0.29, 0.717) is 19.5 Å². The second kappa shape index (κ2) is 7.53. The summed E-state index contributed by atoms with van der Waals surface area (Å²) in [5.41, 5.74) is 2.47. The van der Waals surface area contributed by atoms with E-state index in [0.717, 1.165) is 28.9 Å². The summed E-state index contributed by atoms with van der Waals surface area (Å²) in [6.07, 6.45) is 1.77. The second-order valence-corrected chi connectivity index (χ2v) is 5.76. The highest BCUT2D eigenvalue weighted by Crippen LogP contribution is 2.29. The number of aromatic nitrogens is 2. The van der Waals surface area contributed by atoms with Crippen molar-refractivity contribution >= 4 is 0 Å². The third kappa shape index (κ3) is 4.70. The molecule has 1 aromatic heterocycles. The van der Waals surface area contributed by atoms with Gasteiger partial charge >= 0.3 is 6.18 Å². The fourth-order valence-corrected chi connectivity index (χ4v) is 2.52. The number of hydrogen-bond donors (Lipinski definition) is 1. The summed E-state index contributed by atoms with van der Waals surface area (Å²) in [6.45, 7) is 1.42.